The van der Waals surface area contributed by atoms with Crippen LogP contribution in [0.1, 0.15) is 53.6 Å². The summed E-state index contributed by atoms with van der Waals surface area (Å²) < 4.78 is 34.6. The summed E-state index contributed by atoms with van der Waals surface area (Å²) in [5.74, 6) is -1.33. The number of carbonyl (C=O) groups is 2. The number of hydrogen-bond acceptors (Lipinski definition) is 7. The molecule has 0 aliphatic heterocycles. The first-order chi connectivity index (χ1) is 15.6. The highest BCUT2D eigenvalue weighted by Gasteiger charge is 2.22. The van der Waals surface area contributed by atoms with E-state index in [1.807, 2.05) is 0 Å². The van der Waals surface area contributed by atoms with Crippen molar-refractivity contribution >= 4 is 29.3 Å². The zero-order valence-corrected chi connectivity index (χ0v) is 18.7. The highest BCUT2D eigenvalue weighted by atomic mass is 32.1. The summed E-state index contributed by atoms with van der Waals surface area (Å²) in [4.78, 5) is 36.1. The van der Waals surface area contributed by atoms with Gasteiger partial charge in [0, 0.05) is 23.1 Å². The van der Waals surface area contributed by atoms with Crippen molar-refractivity contribution in [1.82, 2.24) is 5.32 Å². The van der Waals surface area contributed by atoms with E-state index in [1.54, 1.807) is 19.1 Å². The first kappa shape index (κ1) is 25.8. The fourth-order valence-corrected chi connectivity index (χ4v) is 3.63. The molecular formula is C22H23F2NO7S. The Kier molecular flexibility index (Phi) is 9.34. The molecule has 3 N–H and O–H groups in total. The van der Waals surface area contributed by atoms with Crippen molar-refractivity contribution in [3.8, 4) is 10.8 Å². The molecule has 0 aliphatic rings. The Labute approximate surface area is 191 Å². The number of thiophene rings is 1. The predicted molar refractivity (Wildman–Crippen MR) is 118 cm³/mol. The zero-order chi connectivity index (χ0) is 24.5. The predicted octanol–water partition coefficient (Wildman–Crippen LogP) is 5.00. The van der Waals surface area contributed by atoms with E-state index in [0.29, 0.717) is 17.7 Å². The summed E-state index contributed by atoms with van der Waals surface area (Å²) in [6, 6.07) is 4.29. The second kappa shape index (κ2) is 12.0. The van der Waals surface area contributed by atoms with Gasteiger partial charge in [0.05, 0.1) is 0 Å². The van der Waals surface area contributed by atoms with Crippen LogP contribution in [0.25, 0.3) is 6.08 Å². The average Bonchev–Trinajstić information content (AvgIpc) is 3.18. The molecule has 2 heterocycles. The Morgan fingerprint density at radius 1 is 1.33 bits per heavy atom. The Hall–Kier alpha value is -3.47. The number of Topliss-reactive ketones (excluding diaryl/α,β-unsaturated/α-hetero) is 1. The SMILES string of the molecule is C/C(=C\c1ccc(OCC(F)F)s1)C(=O)c1c(O)cc(C(C)CC/C=C/NC(=O)O)oc1=O. The van der Waals surface area contributed by atoms with Crippen LogP contribution in [0.4, 0.5) is 13.6 Å². The summed E-state index contributed by atoms with van der Waals surface area (Å²) in [5, 5.41) is 21.2. The van der Waals surface area contributed by atoms with E-state index in [-0.39, 0.29) is 22.3 Å². The molecule has 0 radical (unpaired) electrons. The molecule has 0 saturated heterocycles. The third-order valence-electron chi connectivity index (χ3n) is 4.42. The quantitative estimate of drug-likeness (QED) is 0.303. The lowest BCUT2D eigenvalue weighted by Gasteiger charge is -2.11. The number of aromatic hydroxyl groups is 1. The maximum absolute atomic E-state index is 12.7. The normalized spacial score (nSPS) is 12.8. The van der Waals surface area contributed by atoms with Crippen molar-refractivity contribution in [2.24, 2.45) is 0 Å². The molecule has 1 atom stereocenters. The first-order valence-electron chi connectivity index (χ1n) is 9.83. The van der Waals surface area contributed by atoms with Crippen LogP contribution in [0.15, 0.2) is 45.3 Å². The van der Waals surface area contributed by atoms with Gasteiger partial charge in [-0.25, -0.2) is 18.4 Å². The van der Waals surface area contributed by atoms with Crippen LogP contribution >= 0.6 is 11.3 Å². The monoisotopic (exact) mass is 483 g/mol. The lowest BCUT2D eigenvalue weighted by atomic mass is 10.00. The zero-order valence-electron chi connectivity index (χ0n) is 17.8. The number of allylic oxidation sites excluding steroid dienone is 2. The number of halogens is 2. The van der Waals surface area contributed by atoms with Crippen LogP contribution < -0.4 is 15.7 Å². The molecule has 1 unspecified atom stereocenters. The van der Waals surface area contributed by atoms with Gasteiger partial charge in [0.2, 0.25) is 0 Å². The van der Waals surface area contributed by atoms with Crippen molar-refractivity contribution < 1.29 is 37.7 Å². The van der Waals surface area contributed by atoms with E-state index in [1.165, 1.54) is 31.3 Å². The first-order valence-corrected chi connectivity index (χ1v) is 10.6. The van der Waals surface area contributed by atoms with Gasteiger partial charge >= 0.3 is 11.7 Å². The topological polar surface area (TPSA) is 126 Å². The summed E-state index contributed by atoms with van der Waals surface area (Å²) in [7, 11) is 0. The van der Waals surface area contributed by atoms with E-state index < -0.39 is 41.8 Å². The molecule has 0 saturated carbocycles. The molecule has 33 heavy (non-hydrogen) atoms. The van der Waals surface area contributed by atoms with Gasteiger partial charge in [0.1, 0.15) is 23.7 Å². The molecule has 0 aliphatic carbocycles. The molecule has 0 bridgehead atoms. The van der Waals surface area contributed by atoms with Crippen LogP contribution in [0.5, 0.6) is 10.8 Å². The molecule has 2 aromatic rings. The van der Waals surface area contributed by atoms with Crippen LogP contribution in [-0.4, -0.2) is 35.1 Å². The molecule has 11 heteroatoms. The Morgan fingerprint density at radius 2 is 2.06 bits per heavy atom. The molecule has 1 amide bonds. The lowest BCUT2D eigenvalue weighted by molar-refractivity contribution is 0.0838. The van der Waals surface area contributed by atoms with Crippen molar-refractivity contribution in [3.63, 3.8) is 0 Å². The second-order valence-corrected chi connectivity index (χ2v) is 8.12. The lowest BCUT2D eigenvalue weighted by Crippen LogP contribution is -2.16. The van der Waals surface area contributed by atoms with Gasteiger partial charge in [0.15, 0.2) is 10.8 Å². The molecule has 0 fully saturated rings. The van der Waals surface area contributed by atoms with Gasteiger partial charge < -0.3 is 19.4 Å². The number of nitrogens with one attached hydrogen (secondary N) is 1. The molecule has 8 nitrogen and oxygen atoms in total. The Morgan fingerprint density at radius 3 is 2.70 bits per heavy atom. The number of hydrogen-bond donors (Lipinski definition) is 3. The third-order valence-corrected chi connectivity index (χ3v) is 5.37. The molecule has 178 valence electrons. The second-order valence-electron chi connectivity index (χ2n) is 7.04. The number of ketones is 1. The van der Waals surface area contributed by atoms with Gasteiger partial charge in [-0.3, -0.25) is 10.1 Å². The maximum Gasteiger partial charge on any atom is 0.408 e. The molecule has 2 rings (SSSR count). The number of amides is 1. The van der Waals surface area contributed by atoms with Crippen molar-refractivity contribution in [2.75, 3.05) is 6.61 Å². The van der Waals surface area contributed by atoms with Gasteiger partial charge in [-0.15, -0.1) is 0 Å². The van der Waals surface area contributed by atoms with Gasteiger partial charge in [-0.2, -0.15) is 0 Å². The van der Waals surface area contributed by atoms with Crippen molar-refractivity contribution in [1.29, 1.82) is 0 Å². The highest BCUT2D eigenvalue weighted by molar-refractivity contribution is 7.14. The van der Waals surface area contributed by atoms with Crippen LogP contribution in [0.3, 0.4) is 0 Å². The number of ether oxygens (including phenoxy) is 1. The van der Waals surface area contributed by atoms with Crippen LogP contribution in [-0.2, 0) is 0 Å². The summed E-state index contributed by atoms with van der Waals surface area (Å²) in [6.07, 6.45) is 1.53. The fourth-order valence-electron chi connectivity index (χ4n) is 2.76. The molecule has 2 aromatic heterocycles. The Bertz CT molecular complexity index is 1100. The van der Waals surface area contributed by atoms with E-state index >= 15 is 0 Å². The summed E-state index contributed by atoms with van der Waals surface area (Å²) in [6.45, 7) is 2.47. The van der Waals surface area contributed by atoms with E-state index in [2.05, 4.69) is 5.32 Å². The highest BCUT2D eigenvalue weighted by Crippen LogP contribution is 2.29. The number of carboxylic acid groups (broad SMARTS) is 1. The summed E-state index contributed by atoms with van der Waals surface area (Å²) >= 11 is 1.05. The maximum atomic E-state index is 12.7. The minimum absolute atomic E-state index is 0.136. The summed E-state index contributed by atoms with van der Waals surface area (Å²) in [5.41, 5.74) is -1.35. The Balaban J connectivity index is 2.11. The number of carbonyl (C=O) groups excluding carboxylic acids is 1. The molecule has 0 spiro atoms. The van der Waals surface area contributed by atoms with E-state index in [0.717, 1.165) is 11.3 Å². The van der Waals surface area contributed by atoms with Crippen molar-refractivity contribution in [2.45, 2.75) is 39.0 Å². The van der Waals surface area contributed by atoms with Crippen LogP contribution in [0.2, 0.25) is 0 Å². The fraction of sp³-hybridized carbons (Fsp3) is 0.318. The minimum Gasteiger partial charge on any atom is -0.507 e. The van der Waals surface area contributed by atoms with E-state index in [4.69, 9.17) is 14.3 Å². The van der Waals surface area contributed by atoms with Gasteiger partial charge in [-0.1, -0.05) is 24.3 Å². The van der Waals surface area contributed by atoms with Crippen molar-refractivity contribution in [3.05, 3.63) is 62.7 Å². The van der Waals surface area contributed by atoms with E-state index in [9.17, 15) is 28.3 Å². The largest absolute Gasteiger partial charge is 0.507 e. The van der Waals surface area contributed by atoms with Gasteiger partial charge in [-0.05, 0) is 43.5 Å². The molecular weight excluding hydrogens is 460 g/mol. The smallest absolute Gasteiger partial charge is 0.408 e. The van der Waals surface area contributed by atoms with Gasteiger partial charge in [0.25, 0.3) is 6.43 Å². The minimum atomic E-state index is -2.60. The number of rotatable bonds is 11. The molecule has 0 aromatic carbocycles. The van der Waals surface area contributed by atoms with Crippen LogP contribution in [0, 0.1) is 0 Å². The average molecular weight is 483 g/mol. The third kappa shape index (κ3) is 7.86. The standard InChI is InChI=1S/C22H23F2NO7S/c1-12(5-3-4-8-25-22(29)30)16-10-15(26)19(21(28)32-16)20(27)13(2)9-14-6-7-18(33-14)31-11-17(23)24/h4,6-10,12,17,25-26H,3,5,11H2,1-2H3,(H,29,30)/b8-4+,13-9+. The number of alkyl halides is 2.